The number of hydrogen-bond donors (Lipinski definition) is 0. The zero-order valence-electron chi connectivity index (χ0n) is 60.9. The number of furan rings is 1. The van der Waals surface area contributed by atoms with E-state index in [1.54, 1.807) is 11.3 Å². The van der Waals surface area contributed by atoms with Gasteiger partial charge in [-0.2, -0.15) is 0 Å². The Bertz CT molecular complexity index is 8320. The van der Waals surface area contributed by atoms with E-state index < -0.39 is 0 Å². The Labute approximate surface area is 654 Å². The first kappa shape index (κ1) is 63.7. The molecule has 530 valence electrons. The number of pyridine rings is 2. The molecule has 114 heavy (non-hydrogen) atoms. The van der Waals surface area contributed by atoms with Crippen molar-refractivity contribution in [1.82, 2.24) is 48.2 Å². The molecule has 0 bridgehead atoms. The van der Waals surface area contributed by atoms with Crippen LogP contribution in [0.4, 0.5) is 0 Å². The second-order valence-corrected chi connectivity index (χ2v) is 30.3. The van der Waals surface area contributed by atoms with Crippen LogP contribution in [0.3, 0.4) is 0 Å². The number of fused-ring (bicyclic) bond motifs is 21. The Morgan fingerprint density at radius 1 is 0.263 bits per heavy atom. The fourth-order valence-corrected chi connectivity index (χ4v) is 18.8. The molecule has 10 aromatic heterocycles. The smallest absolute Gasteiger partial charge is 0.246 e. The predicted octanol–water partition coefficient (Wildman–Crippen LogP) is 26.5. The van der Waals surface area contributed by atoms with Gasteiger partial charge in [-0.15, -0.1) is 11.3 Å². The van der Waals surface area contributed by atoms with Gasteiger partial charge < -0.3 is 18.1 Å². The van der Waals surface area contributed by atoms with Gasteiger partial charge in [-0.3, -0.25) is 9.55 Å². The number of hydrogen-bond acceptors (Lipinski definition) is 8. The lowest BCUT2D eigenvalue weighted by molar-refractivity contribution is 0.653. The maximum atomic E-state index is 6.30. The first-order valence-electron chi connectivity index (χ1n) is 38.3. The molecule has 0 saturated carbocycles. The third-order valence-corrected chi connectivity index (χ3v) is 24.0. The van der Waals surface area contributed by atoms with Gasteiger partial charge in [-0.25, -0.2) is 24.9 Å². The maximum Gasteiger partial charge on any atom is 0.246 e. The van der Waals surface area contributed by atoms with Gasteiger partial charge in [-0.05, 0) is 155 Å². The van der Waals surface area contributed by atoms with Crippen molar-refractivity contribution in [3.05, 3.63) is 364 Å². The van der Waals surface area contributed by atoms with E-state index in [2.05, 4.69) is 340 Å². The molecule has 11 nitrogen and oxygen atoms in total. The van der Waals surface area contributed by atoms with Gasteiger partial charge in [0.15, 0.2) is 0 Å². The molecule has 0 saturated heterocycles. The molecule has 0 amide bonds. The third kappa shape index (κ3) is 9.81. The average molecular weight is 1470 g/mol. The molecule has 0 N–H and O–H groups in total. The van der Waals surface area contributed by atoms with Gasteiger partial charge in [0, 0.05) is 110 Å². The summed E-state index contributed by atoms with van der Waals surface area (Å²) in [6.07, 6.45) is 3.81. The molecule has 25 rings (SSSR count). The van der Waals surface area contributed by atoms with Gasteiger partial charge >= 0.3 is 0 Å². The predicted molar refractivity (Wildman–Crippen MR) is 471 cm³/mol. The van der Waals surface area contributed by atoms with E-state index in [9.17, 15) is 0 Å². The van der Waals surface area contributed by atoms with Gasteiger partial charge in [0.2, 0.25) is 5.71 Å². The van der Waals surface area contributed by atoms with E-state index in [4.69, 9.17) is 34.3 Å². The van der Waals surface area contributed by atoms with Gasteiger partial charge in [0.25, 0.3) is 0 Å². The molecule has 25 aromatic rings. The van der Waals surface area contributed by atoms with Crippen molar-refractivity contribution >= 4 is 174 Å². The number of aromatic nitrogens is 10. The zero-order chi connectivity index (χ0) is 74.6. The summed E-state index contributed by atoms with van der Waals surface area (Å²) < 4.78 is 16.8. The van der Waals surface area contributed by atoms with Crippen molar-refractivity contribution in [2.75, 3.05) is 0 Å². The first-order valence-corrected chi connectivity index (χ1v) is 39.1. The first-order chi connectivity index (χ1) is 56.5. The normalized spacial score (nSPS) is 12.0. The minimum atomic E-state index is 0.498. The fraction of sp³-hybridized carbons (Fsp3) is 0. The summed E-state index contributed by atoms with van der Waals surface area (Å²) in [5, 5.41) is 17.5. The molecule has 0 unspecified atom stereocenters. The summed E-state index contributed by atoms with van der Waals surface area (Å²) >= 11 is 1.69. The lowest BCUT2D eigenvalue weighted by Crippen LogP contribution is -2.00. The van der Waals surface area contributed by atoms with Crippen molar-refractivity contribution in [2.45, 2.75) is 0 Å². The van der Waals surface area contributed by atoms with Crippen LogP contribution < -0.4 is 0 Å². The van der Waals surface area contributed by atoms with Crippen LogP contribution in [0, 0.1) is 0 Å². The van der Waals surface area contributed by atoms with E-state index in [1.165, 1.54) is 74.9 Å². The molecular weight excluding hydrogens is 1410 g/mol. The molecule has 0 aliphatic carbocycles. The molecule has 15 aromatic carbocycles. The summed E-state index contributed by atoms with van der Waals surface area (Å²) in [6.45, 7) is 0. The van der Waals surface area contributed by atoms with Crippen LogP contribution in [0.15, 0.2) is 369 Å². The molecule has 12 heteroatoms. The van der Waals surface area contributed by atoms with Crippen LogP contribution in [0.25, 0.3) is 230 Å². The molecule has 0 fully saturated rings. The summed E-state index contributed by atoms with van der Waals surface area (Å²) in [7, 11) is 0. The summed E-state index contributed by atoms with van der Waals surface area (Å²) in [5.41, 5.74) is 23.1. The Balaban J connectivity index is 0.000000132. The molecule has 0 spiro atoms. The Kier molecular flexibility index (Phi) is 14.0. The van der Waals surface area contributed by atoms with E-state index in [-0.39, 0.29) is 0 Å². The molecule has 0 atom stereocenters. The molecule has 10 heterocycles. The van der Waals surface area contributed by atoms with Crippen LogP contribution in [-0.2, 0) is 0 Å². The van der Waals surface area contributed by atoms with E-state index in [0.29, 0.717) is 11.4 Å². The number of rotatable bonds is 8. The van der Waals surface area contributed by atoms with E-state index in [0.717, 1.165) is 144 Å². The second kappa shape index (κ2) is 25.2. The second-order valence-electron chi connectivity index (χ2n) is 29.3. The van der Waals surface area contributed by atoms with Crippen LogP contribution in [0.5, 0.6) is 0 Å². The van der Waals surface area contributed by atoms with Crippen molar-refractivity contribution in [2.24, 2.45) is 0 Å². The maximum absolute atomic E-state index is 6.30. The number of para-hydroxylation sites is 7. The highest BCUT2D eigenvalue weighted by molar-refractivity contribution is 7.25. The van der Waals surface area contributed by atoms with E-state index in [1.807, 2.05) is 42.7 Å². The highest BCUT2D eigenvalue weighted by atomic mass is 32.1. The lowest BCUT2D eigenvalue weighted by Gasteiger charge is -2.16. The SMILES string of the molecule is c1ccc(-n2c3ccccc3c3ccc(-c4nc5c(nc4-c4ccc(-n6c7ccccc7c7cc8ccccc8cc76)c6ncccc46)sc4ccccc45)cc32)cc1.c1ccc(-n2c3ccccc3c3ccc(-c4nc5c(nc4-c4ccc(-n6c7ccccc7c7cc8ccccc8cc76)nc4)oc4ccccc45)cc32)cc1. The lowest BCUT2D eigenvalue weighted by atomic mass is 9.98. The fourth-order valence-electron chi connectivity index (χ4n) is 17.8. The van der Waals surface area contributed by atoms with Crippen molar-refractivity contribution in [3.8, 4) is 67.9 Å². The van der Waals surface area contributed by atoms with Crippen molar-refractivity contribution in [1.29, 1.82) is 0 Å². The number of thiophene rings is 1. The van der Waals surface area contributed by atoms with E-state index >= 15 is 0 Å². The summed E-state index contributed by atoms with van der Waals surface area (Å²) in [4.78, 5) is 32.9. The van der Waals surface area contributed by atoms with Crippen LogP contribution in [0.1, 0.15) is 0 Å². The highest BCUT2D eigenvalue weighted by Crippen LogP contribution is 2.46. The number of nitrogens with zero attached hydrogens (tertiary/aromatic N) is 10. The van der Waals surface area contributed by atoms with Crippen LogP contribution in [0.2, 0.25) is 0 Å². The topological polar surface area (TPSA) is 110 Å². The standard InChI is InChI=1S/C53H31N5S.C49H29N5O/c1-2-15-35(16-3-1)57-43-21-9-6-17-36(43)38-25-24-34(31-46(38)57)49-51(56-53-52(55-49)41-19-8-11-23-48(41)59-53)40-26-27-45(50-39(40)20-12-28-54-50)58-44-22-10-7-18-37(44)42-29-32-13-4-5-14-33(32)30-47(42)58;1-2-14-34(15-3-1)53-40-19-9-6-16-35(40)37-24-22-32(28-42(37)53)46-47(52-49-48(51-46)38-18-8-11-21-44(38)55-49)33-23-25-45(50-29-33)54-41-20-10-7-17-36(41)39-26-30-12-4-5-13-31(30)27-43(39)54/h1-31H;1-29H. The molecular formula is C102H60N10OS. The van der Waals surface area contributed by atoms with Crippen LogP contribution in [-0.4, -0.2) is 48.2 Å². The summed E-state index contributed by atoms with van der Waals surface area (Å²) in [6, 6.07) is 125. The van der Waals surface area contributed by atoms with Gasteiger partial charge in [-0.1, -0.05) is 218 Å². The Hall–Kier alpha value is -15.2. The monoisotopic (exact) mass is 1470 g/mol. The molecule has 0 aliphatic rings. The van der Waals surface area contributed by atoms with Crippen molar-refractivity contribution in [3.63, 3.8) is 0 Å². The Morgan fingerprint density at radius 2 is 0.719 bits per heavy atom. The Morgan fingerprint density at radius 3 is 1.32 bits per heavy atom. The largest absolute Gasteiger partial charge is 0.436 e. The summed E-state index contributed by atoms with van der Waals surface area (Å²) in [5.74, 6) is 0.832. The zero-order valence-corrected chi connectivity index (χ0v) is 61.7. The quantitative estimate of drug-likeness (QED) is 0.149. The number of benzene rings is 15. The van der Waals surface area contributed by atoms with Gasteiger partial charge in [0.1, 0.15) is 33.0 Å². The molecule has 0 aliphatic heterocycles. The highest BCUT2D eigenvalue weighted by Gasteiger charge is 2.26. The van der Waals surface area contributed by atoms with Crippen molar-refractivity contribution < 1.29 is 4.42 Å². The third-order valence-electron chi connectivity index (χ3n) is 22.9. The van der Waals surface area contributed by atoms with Gasteiger partial charge in [0.05, 0.1) is 72.4 Å². The van der Waals surface area contributed by atoms with Crippen LogP contribution >= 0.6 is 11.3 Å². The minimum Gasteiger partial charge on any atom is -0.436 e. The minimum absolute atomic E-state index is 0.498. The molecule has 0 radical (unpaired) electrons. The average Bonchev–Trinajstić information content (AvgIpc) is 1.54.